The van der Waals surface area contributed by atoms with Gasteiger partial charge in [-0.3, -0.25) is 4.40 Å². The van der Waals surface area contributed by atoms with Crippen molar-refractivity contribution in [3.05, 3.63) is 65.6 Å². The summed E-state index contributed by atoms with van der Waals surface area (Å²) in [5, 5.41) is 15.1. The van der Waals surface area contributed by atoms with Crippen molar-refractivity contribution in [2.75, 3.05) is 13.1 Å². The zero-order valence-electron chi connectivity index (χ0n) is 15.9. The quantitative estimate of drug-likeness (QED) is 0.311. The Kier molecular flexibility index (Phi) is 8.50. The van der Waals surface area contributed by atoms with Gasteiger partial charge in [0.2, 0.25) is 0 Å². The minimum atomic E-state index is 0. The van der Waals surface area contributed by atoms with Crippen molar-refractivity contribution in [1.82, 2.24) is 25.2 Å². The lowest BCUT2D eigenvalue weighted by Crippen LogP contribution is -2.38. The number of nitrogens with zero attached hydrogens (tertiary/aromatic N) is 4. The lowest BCUT2D eigenvalue weighted by Gasteiger charge is -2.11. The van der Waals surface area contributed by atoms with Crippen LogP contribution in [0.2, 0.25) is 0 Å². The first-order valence-corrected chi connectivity index (χ1v) is 9.18. The molecule has 0 unspecified atom stereocenters. The highest BCUT2D eigenvalue weighted by Gasteiger charge is 2.04. The Labute approximate surface area is 177 Å². The van der Waals surface area contributed by atoms with Gasteiger partial charge >= 0.3 is 0 Å². The fourth-order valence-electron chi connectivity index (χ4n) is 2.76. The summed E-state index contributed by atoms with van der Waals surface area (Å²) in [5.41, 5.74) is 3.54. The van der Waals surface area contributed by atoms with Crippen molar-refractivity contribution >= 4 is 35.6 Å². The minimum absolute atomic E-state index is 0. The molecule has 2 heterocycles. The zero-order valence-corrected chi connectivity index (χ0v) is 18.2. The Hall–Kier alpha value is -2.16. The van der Waals surface area contributed by atoms with Crippen molar-refractivity contribution in [1.29, 1.82) is 0 Å². The van der Waals surface area contributed by atoms with Gasteiger partial charge in [0.25, 0.3) is 0 Å². The minimum Gasteiger partial charge on any atom is -0.357 e. The van der Waals surface area contributed by atoms with E-state index in [1.165, 1.54) is 11.1 Å². The number of hydrogen-bond donors (Lipinski definition) is 2. The molecule has 0 aliphatic heterocycles. The lowest BCUT2D eigenvalue weighted by atomic mass is 10.1. The molecule has 0 saturated carbocycles. The fraction of sp³-hybridized carbons (Fsp3) is 0.350. The number of fused-ring (bicyclic) bond motifs is 1. The van der Waals surface area contributed by atoms with Crippen LogP contribution in [0.5, 0.6) is 0 Å². The van der Waals surface area contributed by atoms with Crippen LogP contribution in [-0.4, -0.2) is 33.6 Å². The van der Waals surface area contributed by atoms with Gasteiger partial charge in [0.1, 0.15) is 6.54 Å². The van der Waals surface area contributed by atoms with Crippen LogP contribution in [0.4, 0.5) is 0 Å². The van der Waals surface area contributed by atoms with E-state index in [-0.39, 0.29) is 24.0 Å². The lowest BCUT2D eigenvalue weighted by molar-refractivity contribution is 0.787. The highest BCUT2D eigenvalue weighted by molar-refractivity contribution is 14.0. The number of aromatic nitrogens is 3. The maximum absolute atomic E-state index is 4.64. The van der Waals surface area contributed by atoms with Crippen molar-refractivity contribution in [2.45, 2.75) is 33.2 Å². The maximum atomic E-state index is 4.64. The first-order valence-electron chi connectivity index (χ1n) is 9.18. The Bertz CT molecular complexity index is 856. The van der Waals surface area contributed by atoms with Gasteiger partial charge < -0.3 is 10.6 Å². The van der Waals surface area contributed by atoms with E-state index in [9.17, 15) is 0 Å². The van der Waals surface area contributed by atoms with Gasteiger partial charge in [-0.05, 0) is 43.0 Å². The number of pyridine rings is 1. The molecule has 2 aromatic heterocycles. The number of nitrogens with one attached hydrogen (secondary N) is 2. The zero-order chi connectivity index (χ0) is 18.2. The summed E-state index contributed by atoms with van der Waals surface area (Å²) in [5.74, 6) is 1.62. The second-order valence-corrected chi connectivity index (χ2v) is 6.09. The standard InChI is InChI=1S/C20H26N6.HI/c1-3-16-8-10-17(11-9-16)12-13-22-20(21-4-2)23-15-19-25-24-18-7-5-6-14-26(18)19;/h5-11,14H,3-4,12-13,15H2,1-2H3,(H2,21,22,23);1H. The van der Waals surface area contributed by atoms with Crippen molar-refractivity contribution < 1.29 is 0 Å². The second kappa shape index (κ2) is 10.9. The Balaban J connectivity index is 0.00000261. The Morgan fingerprint density at radius 1 is 1.00 bits per heavy atom. The van der Waals surface area contributed by atoms with Gasteiger partial charge in [0, 0.05) is 19.3 Å². The van der Waals surface area contributed by atoms with Crippen LogP contribution in [0.25, 0.3) is 5.65 Å². The molecule has 3 rings (SSSR count). The van der Waals surface area contributed by atoms with E-state index in [0.717, 1.165) is 43.4 Å². The van der Waals surface area contributed by atoms with Crippen LogP contribution < -0.4 is 10.6 Å². The summed E-state index contributed by atoms with van der Waals surface area (Å²) in [6.07, 6.45) is 4.00. The molecule has 6 nitrogen and oxygen atoms in total. The normalized spacial score (nSPS) is 11.3. The molecule has 0 bridgehead atoms. The number of benzene rings is 1. The molecule has 0 spiro atoms. The largest absolute Gasteiger partial charge is 0.357 e. The fourth-order valence-corrected chi connectivity index (χ4v) is 2.76. The third kappa shape index (κ3) is 5.92. The average molecular weight is 478 g/mol. The monoisotopic (exact) mass is 478 g/mol. The predicted molar refractivity (Wildman–Crippen MR) is 121 cm³/mol. The van der Waals surface area contributed by atoms with Crippen LogP contribution in [0.3, 0.4) is 0 Å². The molecular formula is C20H27IN6. The van der Waals surface area contributed by atoms with Gasteiger partial charge in [0.15, 0.2) is 17.4 Å². The average Bonchev–Trinajstić information content (AvgIpc) is 3.10. The molecule has 7 heteroatoms. The molecule has 144 valence electrons. The van der Waals surface area contributed by atoms with Crippen molar-refractivity contribution in [2.24, 2.45) is 4.99 Å². The molecule has 1 aromatic carbocycles. The van der Waals surface area contributed by atoms with E-state index in [2.05, 4.69) is 63.9 Å². The third-order valence-corrected chi connectivity index (χ3v) is 4.24. The van der Waals surface area contributed by atoms with Crippen LogP contribution >= 0.6 is 24.0 Å². The van der Waals surface area contributed by atoms with Gasteiger partial charge in [-0.15, -0.1) is 34.2 Å². The van der Waals surface area contributed by atoms with Crippen molar-refractivity contribution in [3.63, 3.8) is 0 Å². The molecular weight excluding hydrogens is 451 g/mol. The number of aryl methyl sites for hydroxylation is 1. The Morgan fingerprint density at radius 3 is 2.52 bits per heavy atom. The summed E-state index contributed by atoms with van der Waals surface area (Å²) < 4.78 is 1.96. The molecule has 27 heavy (non-hydrogen) atoms. The first-order chi connectivity index (χ1) is 12.8. The maximum Gasteiger partial charge on any atom is 0.191 e. The van der Waals surface area contributed by atoms with E-state index in [4.69, 9.17) is 0 Å². The smallest absolute Gasteiger partial charge is 0.191 e. The topological polar surface area (TPSA) is 66.6 Å². The van der Waals surface area contributed by atoms with Crippen molar-refractivity contribution in [3.8, 4) is 0 Å². The van der Waals surface area contributed by atoms with E-state index < -0.39 is 0 Å². The van der Waals surface area contributed by atoms with Crippen LogP contribution in [0.1, 0.15) is 30.8 Å². The number of halogens is 1. The summed E-state index contributed by atoms with van der Waals surface area (Å²) in [6, 6.07) is 14.7. The highest BCUT2D eigenvalue weighted by Crippen LogP contribution is 2.06. The number of rotatable bonds is 7. The molecule has 0 atom stereocenters. The summed E-state index contributed by atoms with van der Waals surface area (Å²) >= 11 is 0. The van der Waals surface area contributed by atoms with Crippen LogP contribution in [0.15, 0.2) is 53.7 Å². The SMILES string of the molecule is CCNC(=NCc1nnc2ccccn12)NCCc1ccc(CC)cc1.I. The summed E-state index contributed by atoms with van der Waals surface area (Å²) in [7, 11) is 0. The van der Waals surface area contributed by atoms with Gasteiger partial charge in [-0.2, -0.15) is 0 Å². The number of guanidine groups is 1. The number of aliphatic imine (C=N–C) groups is 1. The molecule has 0 amide bonds. The summed E-state index contributed by atoms with van der Waals surface area (Å²) in [6.45, 7) is 6.36. The van der Waals surface area contributed by atoms with Crippen LogP contribution in [0, 0.1) is 0 Å². The van der Waals surface area contributed by atoms with E-state index in [1.54, 1.807) is 0 Å². The molecule has 0 aliphatic rings. The van der Waals surface area contributed by atoms with E-state index in [0.29, 0.717) is 6.54 Å². The number of hydrogen-bond acceptors (Lipinski definition) is 3. The predicted octanol–water partition coefficient (Wildman–Crippen LogP) is 3.21. The van der Waals surface area contributed by atoms with Gasteiger partial charge in [0.05, 0.1) is 0 Å². The molecule has 0 aliphatic carbocycles. The molecule has 0 saturated heterocycles. The molecule has 0 fully saturated rings. The second-order valence-electron chi connectivity index (χ2n) is 6.09. The van der Waals surface area contributed by atoms with Gasteiger partial charge in [-0.25, -0.2) is 4.99 Å². The third-order valence-electron chi connectivity index (χ3n) is 4.24. The summed E-state index contributed by atoms with van der Waals surface area (Å²) in [4.78, 5) is 4.64. The van der Waals surface area contributed by atoms with E-state index >= 15 is 0 Å². The van der Waals surface area contributed by atoms with E-state index in [1.807, 2.05) is 28.8 Å². The van der Waals surface area contributed by atoms with Crippen LogP contribution in [-0.2, 0) is 19.4 Å². The molecule has 2 N–H and O–H groups in total. The first kappa shape index (κ1) is 21.1. The Morgan fingerprint density at radius 2 is 1.78 bits per heavy atom. The van der Waals surface area contributed by atoms with Gasteiger partial charge in [-0.1, -0.05) is 37.3 Å². The molecule has 0 radical (unpaired) electrons. The highest BCUT2D eigenvalue weighted by atomic mass is 127. The molecule has 3 aromatic rings.